The van der Waals surface area contributed by atoms with Crippen molar-refractivity contribution in [3.8, 4) is 17.2 Å². The Labute approximate surface area is 184 Å². The number of hydrogen-bond donors (Lipinski definition) is 0. The van der Waals surface area contributed by atoms with Crippen molar-refractivity contribution in [1.29, 1.82) is 0 Å². The Morgan fingerprint density at radius 1 is 1.03 bits per heavy atom. The van der Waals surface area contributed by atoms with Crippen LogP contribution in [0.2, 0.25) is 0 Å². The van der Waals surface area contributed by atoms with Gasteiger partial charge in [0.05, 0.1) is 14.2 Å². The minimum Gasteiger partial charge on any atom is -0.493 e. The molecule has 0 aliphatic heterocycles. The third-order valence-corrected chi connectivity index (χ3v) is 5.06. The molecule has 170 valence electrons. The Kier molecular flexibility index (Phi) is 6.52. The first-order chi connectivity index (χ1) is 15.3. The lowest BCUT2D eigenvalue weighted by atomic mass is 10.1. The molecular formula is C22H26N4O6. The predicted octanol–water partition coefficient (Wildman–Crippen LogP) is 2.05. The molecule has 0 radical (unpaired) electrons. The molecule has 0 aliphatic carbocycles. The zero-order valence-corrected chi connectivity index (χ0v) is 19.0. The Balaban J connectivity index is 2.14. The fraction of sp³-hybridized carbons (Fsp3) is 0.364. The van der Waals surface area contributed by atoms with Gasteiger partial charge in [0.15, 0.2) is 22.7 Å². The normalized spacial score (nSPS) is 11.3. The number of benzene rings is 1. The third kappa shape index (κ3) is 3.91. The van der Waals surface area contributed by atoms with E-state index in [-0.39, 0.29) is 23.5 Å². The van der Waals surface area contributed by atoms with Crippen molar-refractivity contribution < 1.29 is 19.0 Å². The van der Waals surface area contributed by atoms with E-state index in [2.05, 4.69) is 4.98 Å². The molecule has 1 aromatic carbocycles. The highest BCUT2D eigenvalue weighted by Crippen LogP contribution is 2.39. The molecule has 2 aromatic heterocycles. The van der Waals surface area contributed by atoms with Gasteiger partial charge in [0.25, 0.3) is 5.56 Å². The molecule has 3 rings (SSSR count). The van der Waals surface area contributed by atoms with Crippen molar-refractivity contribution in [2.75, 3.05) is 14.2 Å². The van der Waals surface area contributed by atoms with Crippen molar-refractivity contribution in [2.24, 2.45) is 7.05 Å². The Hall–Kier alpha value is -3.82. The van der Waals surface area contributed by atoms with E-state index in [1.54, 1.807) is 42.8 Å². The van der Waals surface area contributed by atoms with Crippen LogP contribution in [0.4, 0.5) is 0 Å². The Morgan fingerprint density at radius 2 is 1.62 bits per heavy atom. The number of carbonyl (C=O) groups is 1. The molecule has 0 N–H and O–H groups in total. The second kappa shape index (κ2) is 9.13. The highest BCUT2D eigenvalue weighted by molar-refractivity contribution is 5.78. The summed E-state index contributed by atoms with van der Waals surface area (Å²) in [5.41, 5.74) is 0.640. The quantitative estimate of drug-likeness (QED) is 0.407. The number of nitrogens with zero attached hydrogens (tertiary/aromatic N) is 4. The maximum Gasteiger partial charge on any atom is 0.332 e. The summed E-state index contributed by atoms with van der Waals surface area (Å²) in [6, 6.07) is 3.37. The summed E-state index contributed by atoms with van der Waals surface area (Å²) in [7, 11) is 4.65. The van der Waals surface area contributed by atoms with Crippen LogP contribution in [-0.4, -0.2) is 38.9 Å². The van der Waals surface area contributed by atoms with Gasteiger partial charge >= 0.3 is 11.7 Å². The van der Waals surface area contributed by atoms with Gasteiger partial charge in [0.1, 0.15) is 5.82 Å². The van der Waals surface area contributed by atoms with Crippen LogP contribution in [0.3, 0.4) is 0 Å². The van der Waals surface area contributed by atoms with E-state index in [1.807, 2.05) is 6.92 Å². The number of carbonyl (C=O) groups excluding carboxylic acids is 1. The van der Waals surface area contributed by atoms with Crippen LogP contribution in [0.15, 0.2) is 21.7 Å². The van der Waals surface area contributed by atoms with E-state index in [0.717, 1.165) is 0 Å². The molecule has 0 atom stereocenters. The number of methoxy groups -OCH3 is 2. The molecule has 10 heteroatoms. The van der Waals surface area contributed by atoms with Crippen LogP contribution in [-0.2, 0) is 24.9 Å². The number of esters is 1. The number of hydrogen-bond acceptors (Lipinski definition) is 7. The summed E-state index contributed by atoms with van der Waals surface area (Å²) in [6.45, 7) is 5.55. The van der Waals surface area contributed by atoms with Gasteiger partial charge in [-0.2, -0.15) is 0 Å². The first-order valence-electron chi connectivity index (χ1n) is 10.1. The standard InChI is InChI=1S/C22H26N4O6/c1-7-25-20-18(21(28)26(8-2)22(25)29)24(4)17(23-20)10-9-14-11-15(30-5)19(32-13(3)27)16(12-14)31-6/h9-12H,7-8H2,1-6H3/b10-9+. The van der Waals surface area contributed by atoms with Crippen LogP contribution in [0.25, 0.3) is 23.3 Å². The summed E-state index contributed by atoms with van der Waals surface area (Å²) in [5.74, 6) is 0.845. The molecule has 3 aromatic rings. The first-order valence-corrected chi connectivity index (χ1v) is 10.1. The monoisotopic (exact) mass is 442 g/mol. The van der Waals surface area contributed by atoms with Crippen LogP contribution >= 0.6 is 0 Å². The minimum atomic E-state index is -0.496. The molecule has 0 fully saturated rings. The second-order valence-electron chi connectivity index (χ2n) is 6.96. The van der Waals surface area contributed by atoms with Crippen molar-refractivity contribution in [2.45, 2.75) is 33.9 Å². The van der Waals surface area contributed by atoms with Gasteiger partial charge in [-0.1, -0.05) is 6.08 Å². The molecule has 2 heterocycles. The summed E-state index contributed by atoms with van der Waals surface area (Å²) in [4.78, 5) is 41.4. The van der Waals surface area contributed by atoms with Crippen molar-refractivity contribution in [1.82, 2.24) is 18.7 Å². The van der Waals surface area contributed by atoms with E-state index in [1.165, 1.54) is 30.3 Å². The lowest BCUT2D eigenvalue weighted by molar-refractivity contribution is -0.132. The van der Waals surface area contributed by atoms with Crippen molar-refractivity contribution in [3.63, 3.8) is 0 Å². The number of rotatable bonds is 7. The number of ether oxygens (including phenoxy) is 3. The van der Waals surface area contributed by atoms with Crippen LogP contribution in [0, 0.1) is 0 Å². The van der Waals surface area contributed by atoms with Crippen LogP contribution in [0.5, 0.6) is 17.2 Å². The zero-order chi connectivity index (χ0) is 23.6. The van der Waals surface area contributed by atoms with E-state index in [0.29, 0.717) is 40.6 Å². The van der Waals surface area contributed by atoms with E-state index in [4.69, 9.17) is 14.2 Å². The Bertz CT molecular complexity index is 1300. The average molecular weight is 442 g/mol. The van der Waals surface area contributed by atoms with Crippen molar-refractivity contribution in [3.05, 3.63) is 44.4 Å². The molecule has 0 amide bonds. The van der Waals surface area contributed by atoms with E-state index < -0.39 is 5.97 Å². The fourth-order valence-electron chi connectivity index (χ4n) is 3.50. The number of fused-ring (bicyclic) bond motifs is 1. The first kappa shape index (κ1) is 22.9. The highest BCUT2D eigenvalue weighted by atomic mass is 16.6. The second-order valence-corrected chi connectivity index (χ2v) is 6.96. The maximum atomic E-state index is 12.8. The van der Waals surface area contributed by atoms with Gasteiger partial charge in [-0.3, -0.25) is 18.7 Å². The summed E-state index contributed by atoms with van der Waals surface area (Å²) in [5, 5.41) is 0. The summed E-state index contributed by atoms with van der Waals surface area (Å²) >= 11 is 0. The van der Waals surface area contributed by atoms with Crippen LogP contribution in [0.1, 0.15) is 32.2 Å². The fourth-order valence-corrected chi connectivity index (χ4v) is 3.50. The molecule has 0 bridgehead atoms. The topological polar surface area (TPSA) is 107 Å². The summed E-state index contributed by atoms with van der Waals surface area (Å²) < 4.78 is 20.2. The van der Waals surface area contributed by atoms with E-state index >= 15 is 0 Å². The predicted molar refractivity (Wildman–Crippen MR) is 120 cm³/mol. The van der Waals surface area contributed by atoms with Gasteiger partial charge in [0.2, 0.25) is 5.75 Å². The van der Waals surface area contributed by atoms with Crippen molar-refractivity contribution >= 4 is 29.3 Å². The molecule has 0 unspecified atom stereocenters. The van der Waals surface area contributed by atoms with Gasteiger partial charge in [-0.05, 0) is 37.6 Å². The largest absolute Gasteiger partial charge is 0.493 e. The van der Waals surface area contributed by atoms with E-state index in [9.17, 15) is 14.4 Å². The molecule has 10 nitrogen and oxygen atoms in total. The number of aryl methyl sites for hydroxylation is 2. The number of aromatic nitrogens is 4. The Morgan fingerprint density at radius 3 is 2.12 bits per heavy atom. The lowest BCUT2D eigenvalue weighted by Gasteiger charge is -2.13. The smallest absolute Gasteiger partial charge is 0.332 e. The lowest BCUT2D eigenvalue weighted by Crippen LogP contribution is -2.39. The minimum absolute atomic E-state index is 0.189. The molecular weight excluding hydrogens is 416 g/mol. The maximum absolute atomic E-state index is 12.8. The van der Waals surface area contributed by atoms with Gasteiger partial charge < -0.3 is 18.8 Å². The average Bonchev–Trinajstić information content (AvgIpc) is 3.09. The molecule has 0 spiro atoms. The zero-order valence-electron chi connectivity index (χ0n) is 19.0. The molecule has 0 aliphatic rings. The van der Waals surface area contributed by atoms with Gasteiger partial charge in [-0.25, -0.2) is 9.78 Å². The van der Waals surface area contributed by atoms with Gasteiger partial charge in [-0.15, -0.1) is 0 Å². The molecule has 0 saturated carbocycles. The highest BCUT2D eigenvalue weighted by Gasteiger charge is 2.18. The third-order valence-electron chi connectivity index (χ3n) is 5.06. The number of imidazole rings is 1. The van der Waals surface area contributed by atoms with Crippen LogP contribution < -0.4 is 25.5 Å². The molecule has 0 saturated heterocycles. The van der Waals surface area contributed by atoms with Gasteiger partial charge in [0, 0.05) is 27.1 Å². The SMILES string of the molecule is CCn1c(=O)c2c(nc(/C=C/c3cc(OC)c(OC(C)=O)c(OC)c3)n2C)n(CC)c1=O. The molecule has 32 heavy (non-hydrogen) atoms. The summed E-state index contributed by atoms with van der Waals surface area (Å²) in [6.07, 6.45) is 3.48.